The SMILES string of the molecule is CS1(C)NC(=O)C2CC[C@@H](NOCc3ccccc3)CN21. The quantitative estimate of drug-likeness (QED) is 0.829. The lowest BCUT2D eigenvalue weighted by atomic mass is 10.0. The summed E-state index contributed by atoms with van der Waals surface area (Å²) in [6, 6.07) is 10.5. The summed E-state index contributed by atoms with van der Waals surface area (Å²) in [6.07, 6.45) is 6.14. The van der Waals surface area contributed by atoms with Gasteiger partial charge in [-0.2, -0.15) is 5.48 Å². The molecule has 0 bridgehead atoms. The number of hydrogen-bond donors (Lipinski definition) is 2. The van der Waals surface area contributed by atoms with Crippen LogP contribution in [-0.2, 0) is 16.2 Å². The van der Waals surface area contributed by atoms with Crippen LogP contribution in [0.3, 0.4) is 0 Å². The summed E-state index contributed by atoms with van der Waals surface area (Å²) >= 11 is 0. The number of benzene rings is 1. The summed E-state index contributed by atoms with van der Waals surface area (Å²) in [4.78, 5) is 17.6. The first-order valence-electron chi connectivity index (χ1n) is 7.29. The molecule has 21 heavy (non-hydrogen) atoms. The molecule has 0 spiro atoms. The van der Waals surface area contributed by atoms with Crippen molar-refractivity contribution in [2.75, 3.05) is 19.1 Å². The maximum atomic E-state index is 11.9. The molecule has 0 aromatic heterocycles. The second-order valence-electron chi connectivity index (χ2n) is 6.02. The number of carbonyl (C=O) groups excluding carboxylic acids is 1. The highest BCUT2D eigenvalue weighted by Crippen LogP contribution is 2.48. The van der Waals surface area contributed by atoms with Gasteiger partial charge in [-0.1, -0.05) is 30.3 Å². The molecule has 2 N–H and O–H groups in total. The third kappa shape index (κ3) is 3.23. The fourth-order valence-corrected chi connectivity index (χ4v) is 5.13. The predicted octanol–water partition coefficient (Wildman–Crippen LogP) is 1.56. The van der Waals surface area contributed by atoms with Crippen molar-refractivity contribution in [1.82, 2.24) is 14.5 Å². The molecule has 3 rings (SSSR count). The van der Waals surface area contributed by atoms with Crippen molar-refractivity contribution in [2.24, 2.45) is 0 Å². The number of hydroxylamine groups is 1. The smallest absolute Gasteiger partial charge is 0.247 e. The van der Waals surface area contributed by atoms with Crippen LogP contribution in [0, 0.1) is 0 Å². The third-order valence-electron chi connectivity index (χ3n) is 4.11. The van der Waals surface area contributed by atoms with Gasteiger partial charge in [-0.05, 0) is 30.9 Å². The van der Waals surface area contributed by atoms with Gasteiger partial charge in [0, 0.05) is 12.6 Å². The number of piperidine rings is 1. The molecule has 0 radical (unpaired) electrons. The highest BCUT2D eigenvalue weighted by Gasteiger charge is 2.45. The van der Waals surface area contributed by atoms with Gasteiger partial charge in [-0.25, -0.2) is 4.31 Å². The van der Waals surface area contributed by atoms with Gasteiger partial charge in [-0.15, -0.1) is 10.4 Å². The molecule has 0 aliphatic carbocycles. The molecule has 5 nitrogen and oxygen atoms in total. The van der Waals surface area contributed by atoms with E-state index in [1.54, 1.807) is 0 Å². The van der Waals surface area contributed by atoms with E-state index in [2.05, 4.69) is 39.2 Å². The summed E-state index contributed by atoms with van der Waals surface area (Å²) in [7, 11) is -1.17. The lowest BCUT2D eigenvalue weighted by molar-refractivity contribution is -0.122. The monoisotopic (exact) mass is 309 g/mol. The minimum Gasteiger partial charge on any atom is -0.306 e. The summed E-state index contributed by atoms with van der Waals surface area (Å²) < 4.78 is 5.46. The molecule has 2 fully saturated rings. The lowest BCUT2D eigenvalue weighted by Gasteiger charge is -2.42. The first-order chi connectivity index (χ1) is 10.1. The predicted molar refractivity (Wildman–Crippen MR) is 85.5 cm³/mol. The molecular formula is C15H23N3O2S. The van der Waals surface area contributed by atoms with E-state index in [-0.39, 0.29) is 18.0 Å². The molecule has 1 aromatic rings. The van der Waals surface area contributed by atoms with Gasteiger partial charge >= 0.3 is 0 Å². The van der Waals surface area contributed by atoms with Crippen molar-refractivity contribution in [3.05, 3.63) is 35.9 Å². The Morgan fingerprint density at radius 1 is 1.33 bits per heavy atom. The number of fused-ring (bicyclic) bond motifs is 1. The van der Waals surface area contributed by atoms with Gasteiger partial charge in [0.1, 0.15) is 0 Å². The highest BCUT2D eigenvalue weighted by atomic mass is 32.3. The van der Waals surface area contributed by atoms with Crippen LogP contribution in [-0.4, -0.2) is 41.4 Å². The van der Waals surface area contributed by atoms with Gasteiger partial charge in [0.05, 0.1) is 12.6 Å². The topological polar surface area (TPSA) is 53.6 Å². The van der Waals surface area contributed by atoms with E-state index in [4.69, 9.17) is 4.84 Å². The molecule has 0 saturated carbocycles. The summed E-state index contributed by atoms with van der Waals surface area (Å²) in [5, 5.41) is 0. The molecule has 1 aromatic carbocycles. The normalized spacial score (nSPS) is 29.7. The molecule has 2 aliphatic heterocycles. The van der Waals surface area contributed by atoms with Crippen molar-refractivity contribution < 1.29 is 9.63 Å². The van der Waals surface area contributed by atoms with Crippen LogP contribution in [0.25, 0.3) is 0 Å². The molecule has 6 heteroatoms. The molecule has 2 aliphatic rings. The van der Waals surface area contributed by atoms with Crippen LogP contribution >= 0.6 is 10.4 Å². The first-order valence-corrected chi connectivity index (χ1v) is 9.70. The number of nitrogens with one attached hydrogen (secondary N) is 2. The molecule has 2 heterocycles. The average molecular weight is 309 g/mol. The Morgan fingerprint density at radius 3 is 2.86 bits per heavy atom. The molecule has 1 unspecified atom stereocenters. The Balaban J connectivity index is 1.51. The van der Waals surface area contributed by atoms with Gasteiger partial charge in [-0.3, -0.25) is 9.63 Å². The Bertz CT molecular complexity index is 509. The molecule has 2 saturated heterocycles. The zero-order chi connectivity index (χ0) is 14.9. The van der Waals surface area contributed by atoms with Crippen molar-refractivity contribution in [2.45, 2.75) is 31.5 Å². The van der Waals surface area contributed by atoms with E-state index in [0.29, 0.717) is 6.61 Å². The maximum absolute atomic E-state index is 11.9. The number of carbonyl (C=O) groups is 1. The van der Waals surface area contributed by atoms with E-state index in [0.717, 1.165) is 24.9 Å². The van der Waals surface area contributed by atoms with E-state index < -0.39 is 10.4 Å². The van der Waals surface area contributed by atoms with Crippen molar-refractivity contribution >= 4 is 16.3 Å². The molecular weight excluding hydrogens is 286 g/mol. The lowest BCUT2D eigenvalue weighted by Crippen LogP contribution is -2.49. The van der Waals surface area contributed by atoms with Gasteiger partial charge in [0.25, 0.3) is 0 Å². The number of nitrogens with zero attached hydrogens (tertiary/aromatic N) is 1. The third-order valence-corrected chi connectivity index (χ3v) is 6.38. The van der Waals surface area contributed by atoms with Crippen molar-refractivity contribution in [3.63, 3.8) is 0 Å². The van der Waals surface area contributed by atoms with E-state index in [9.17, 15) is 4.79 Å². The highest BCUT2D eigenvalue weighted by molar-refractivity contribution is 8.29. The van der Waals surface area contributed by atoms with Gasteiger partial charge in [0.15, 0.2) is 0 Å². The zero-order valence-electron chi connectivity index (χ0n) is 12.5. The fraction of sp³-hybridized carbons (Fsp3) is 0.533. The maximum Gasteiger partial charge on any atom is 0.247 e. The molecule has 116 valence electrons. The van der Waals surface area contributed by atoms with Crippen molar-refractivity contribution in [1.29, 1.82) is 0 Å². The summed E-state index contributed by atoms with van der Waals surface area (Å²) in [5.41, 5.74) is 4.32. The molecule has 2 atom stereocenters. The minimum absolute atomic E-state index is 0.0576. The second-order valence-corrected chi connectivity index (χ2v) is 9.24. The Morgan fingerprint density at radius 2 is 2.10 bits per heavy atom. The summed E-state index contributed by atoms with van der Waals surface area (Å²) in [5.74, 6) is 0.193. The van der Waals surface area contributed by atoms with Crippen LogP contribution < -0.4 is 10.2 Å². The van der Waals surface area contributed by atoms with Crippen LogP contribution in [0.2, 0.25) is 0 Å². The largest absolute Gasteiger partial charge is 0.306 e. The van der Waals surface area contributed by atoms with Crippen LogP contribution in [0.4, 0.5) is 0 Å². The van der Waals surface area contributed by atoms with E-state index >= 15 is 0 Å². The Labute approximate surface area is 127 Å². The van der Waals surface area contributed by atoms with Crippen LogP contribution in [0.5, 0.6) is 0 Å². The van der Waals surface area contributed by atoms with Crippen LogP contribution in [0.15, 0.2) is 30.3 Å². The Kier molecular flexibility index (Phi) is 4.21. The van der Waals surface area contributed by atoms with E-state index in [1.165, 1.54) is 0 Å². The number of rotatable bonds is 4. The first kappa shape index (κ1) is 14.8. The Hall–Kier alpha value is -1.08. The van der Waals surface area contributed by atoms with Crippen molar-refractivity contribution in [3.8, 4) is 0 Å². The zero-order valence-corrected chi connectivity index (χ0v) is 13.4. The number of hydrogen-bond acceptors (Lipinski definition) is 4. The second kappa shape index (κ2) is 5.96. The summed E-state index contributed by atoms with van der Waals surface area (Å²) in [6.45, 7) is 1.43. The van der Waals surface area contributed by atoms with E-state index in [1.807, 2.05) is 18.2 Å². The van der Waals surface area contributed by atoms with Gasteiger partial charge in [0.2, 0.25) is 5.91 Å². The van der Waals surface area contributed by atoms with Gasteiger partial charge < -0.3 is 4.72 Å². The average Bonchev–Trinajstić information content (AvgIpc) is 2.70. The number of amides is 1. The van der Waals surface area contributed by atoms with Crippen LogP contribution in [0.1, 0.15) is 18.4 Å². The standard InChI is InChI=1S/C15H23N3O2S/c1-21(2)17-15(19)14-9-8-13(10-18(14)21)16-20-11-12-6-4-3-5-7-12/h3-7,13-14,16H,8-11H2,1-2H3,(H,17,19)/t13-,14?/m1/s1. The fourth-order valence-electron chi connectivity index (χ4n) is 2.99. The minimum atomic E-state index is -1.17. The molecule has 1 amide bonds.